The number of rotatable bonds is 13. The molecule has 1 aromatic carbocycles. The highest BCUT2D eigenvalue weighted by atomic mass is 32.2. The fourth-order valence-electron chi connectivity index (χ4n) is 4.45. The number of nitrogens with one attached hydrogen (secondary N) is 9. The van der Waals surface area contributed by atoms with E-state index in [-0.39, 0.29) is 80.0 Å². The van der Waals surface area contributed by atoms with Crippen molar-refractivity contribution in [1.82, 2.24) is 36.6 Å². The molecule has 2 aliphatic rings. The van der Waals surface area contributed by atoms with Crippen LogP contribution in [0.1, 0.15) is 39.5 Å². The van der Waals surface area contributed by atoms with E-state index in [4.69, 9.17) is 22.3 Å². The standard InChI is InChI=1S/C29H43F4N11O5S3/c1-12(2)17(45)9-40-24(46)15-10-51-22-18(30)20(32)23(21(33)19(22)31)52-11-16(44-50)27(49)42-13(5-3-7-38-28(34)35)25(47)41-14(26(48)43-15)6-4-8-39-29(36)37/h12-16,44,50H,3-11H2,1-2H3,(H,40,46)(H,41,47)(H,42,49)(H,43,48)(H4,34,35,38)(H4,36,37,39). The molecule has 0 saturated heterocycles. The molecule has 52 heavy (non-hydrogen) atoms. The minimum Gasteiger partial charge on any atom is -0.370 e. The van der Waals surface area contributed by atoms with E-state index in [0.717, 1.165) is 0 Å². The Hall–Kier alpha value is -3.96. The van der Waals surface area contributed by atoms with Gasteiger partial charge in [0.05, 0.1) is 16.3 Å². The molecule has 0 aliphatic carbocycles. The van der Waals surface area contributed by atoms with Crippen LogP contribution < -0.4 is 48.1 Å². The van der Waals surface area contributed by atoms with E-state index >= 15 is 17.6 Å². The first-order valence-corrected chi connectivity index (χ1v) is 18.3. The van der Waals surface area contributed by atoms with Crippen LogP contribution in [0.15, 0.2) is 9.79 Å². The number of nitrogens with two attached hydrogens (primary N) is 2. The lowest BCUT2D eigenvalue weighted by Crippen LogP contribution is -2.58. The molecule has 290 valence electrons. The van der Waals surface area contributed by atoms with Crippen LogP contribution in [0.2, 0.25) is 0 Å². The Balaban J connectivity index is 2.61. The van der Waals surface area contributed by atoms with E-state index in [2.05, 4.69) is 49.4 Å². The molecule has 13 N–H and O–H groups in total. The molecule has 2 bridgehead atoms. The van der Waals surface area contributed by atoms with E-state index in [9.17, 15) is 24.0 Å². The van der Waals surface area contributed by atoms with Gasteiger partial charge in [0.25, 0.3) is 0 Å². The number of carbonyl (C=O) groups is 5. The summed E-state index contributed by atoms with van der Waals surface area (Å²) in [6.07, 6.45) is 0.116. The monoisotopic (exact) mass is 797 g/mol. The normalized spacial score (nSPS) is 20.2. The summed E-state index contributed by atoms with van der Waals surface area (Å²) in [4.78, 5) is 63.9. The van der Waals surface area contributed by atoms with Crippen LogP contribution in [0.25, 0.3) is 0 Å². The van der Waals surface area contributed by atoms with Gasteiger partial charge in [-0.2, -0.15) is 0 Å². The molecule has 2 aliphatic heterocycles. The first kappa shape index (κ1) is 44.2. The third-order valence-electron chi connectivity index (χ3n) is 7.39. The van der Waals surface area contributed by atoms with Crippen LogP contribution in [0.3, 0.4) is 0 Å². The van der Waals surface area contributed by atoms with Gasteiger partial charge in [0.2, 0.25) is 23.6 Å². The van der Waals surface area contributed by atoms with Crippen molar-refractivity contribution in [2.24, 2.45) is 17.4 Å². The van der Waals surface area contributed by atoms with Crippen molar-refractivity contribution in [2.45, 2.75) is 73.5 Å². The Labute approximate surface area is 311 Å². The maximum Gasteiger partial charge on any atom is 0.243 e. The van der Waals surface area contributed by atoms with Crippen molar-refractivity contribution < 1.29 is 41.5 Å². The summed E-state index contributed by atoms with van der Waals surface area (Å²) in [5.41, 5.74) is 10.6. The number of carbonyl (C=O) groups excluding carboxylic acids is 5. The van der Waals surface area contributed by atoms with Crippen LogP contribution in [0.5, 0.6) is 0 Å². The molecule has 0 fully saturated rings. The minimum absolute atomic E-state index is 0.0722. The Morgan fingerprint density at radius 2 is 1.23 bits per heavy atom. The molecule has 2 heterocycles. The highest BCUT2D eigenvalue weighted by Gasteiger charge is 2.34. The molecular formula is C29H43F4N11O5S3. The molecule has 4 amide bonds. The van der Waals surface area contributed by atoms with E-state index in [0.29, 0.717) is 0 Å². The number of thioether (sulfide) groups is 2. The van der Waals surface area contributed by atoms with Gasteiger partial charge in [-0.15, -0.1) is 23.5 Å². The summed E-state index contributed by atoms with van der Waals surface area (Å²) in [5.74, 6) is -13.6. The van der Waals surface area contributed by atoms with Gasteiger partial charge in [0.1, 0.15) is 24.2 Å². The van der Waals surface area contributed by atoms with Crippen molar-refractivity contribution in [3.8, 4) is 0 Å². The van der Waals surface area contributed by atoms with Gasteiger partial charge in [0, 0.05) is 30.5 Å². The quantitative estimate of drug-likeness (QED) is 0.0231. The van der Waals surface area contributed by atoms with E-state index in [1.54, 1.807) is 13.8 Å². The molecule has 0 radical (unpaired) electrons. The number of benzene rings is 1. The fourth-order valence-corrected chi connectivity index (χ4v) is 6.78. The molecular weight excluding hydrogens is 755 g/mol. The smallest absolute Gasteiger partial charge is 0.243 e. The third kappa shape index (κ3) is 13.5. The highest BCUT2D eigenvalue weighted by Crippen LogP contribution is 2.36. The second-order valence-corrected chi connectivity index (χ2v) is 14.0. The van der Waals surface area contributed by atoms with Gasteiger partial charge in [-0.05, 0) is 25.7 Å². The van der Waals surface area contributed by atoms with Gasteiger partial charge < -0.3 is 43.4 Å². The van der Waals surface area contributed by atoms with E-state index < -0.39 is 105 Å². The first-order valence-electron chi connectivity index (χ1n) is 15.9. The van der Waals surface area contributed by atoms with Crippen molar-refractivity contribution in [1.29, 1.82) is 10.8 Å². The van der Waals surface area contributed by atoms with Crippen molar-refractivity contribution in [3.63, 3.8) is 0 Å². The third-order valence-corrected chi connectivity index (χ3v) is 10.00. The summed E-state index contributed by atoms with van der Waals surface area (Å²) >= 11 is 4.34. The lowest BCUT2D eigenvalue weighted by molar-refractivity contribution is -0.134. The molecule has 4 atom stereocenters. The molecule has 0 aromatic heterocycles. The number of ketones is 1. The number of halogens is 4. The SMILES string of the molecule is CC(C)C(=O)CNC(=O)C1CSc2c(F)c(F)c(c(F)c2F)SCC(NS)C(=O)NC(CCCNC(=N)N)C(=O)NC(CCCNC(=N)N)C(=O)N1. The Kier molecular flexibility index (Phi) is 18.3. The lowest BCUT2D eigenvalue weighted by atomic mass is 10.1. The minimum atomic E-state index is -1.78. The van der Waals surface area contributed by atoms with Crippen molar-refractivity contribution in [3.05, 3.63) is 23.3 Å². The maximum absolute atomic E-state index is 15.2. The van der Waals surface area contributed by atoms with Crippen LogP contribution in [0, 0.1) is 40.0 Å². The van der Waals surface area contributed by atoms with Crippen molar-refractivity contribution >= 4 is 77.7 Å². The predicted molar refractivity (Wildman–Crippen MR) is 191 cm³/mol. The zero-order valence-electron chi connectivity index (χ0n) is 28.2. The molecule has 0 saturated carbocycles. The molecule has 4 unspecified atom stereocenters. The van der Waals surface area contributed by atoms with Crippen molar-refractivity contribution in [2.75, 3.05) is 31.1 Å². The molecule has 3 rings (SSSR count). The molecule has 16 nitrogen and oxygen atoms in total. The maximum atomic E-state index is 15.2. The number of guanidine groups is 2. The van der Waals surface area contributed by atoms with Gasteiger partial charge in [-0.3, -0.25) is 39.5 Å². The average molecular weight is 798 g/mol. The molecule has 1 aromatic rings. The van der Waals surface area contributed by atoms with E-state index in [1.165, 1.54) is 0 Å². The zero-order valence-corrected chi connectivity index (χ0v) is 30.7. The van der Waals surface area contributed by atoms with Crippen LogP contribution in [-0.2, 0) is 24.0 Å². The second kappa shape index (κ2) is 21.5. The van der Waals surface area contributed by atoms with Gasteiger partial charge in [0.15, 0.2) is 41.0 Å². The summed E-state index contributed by atoms with van der Waals surface area (Å²) < 4.78 is 63.2. The number of hydrogen-bond donors (Lipinski definition) is 12. The highest BCUT2D eigenvalue weighted by molar-refractivity contribution is 7.99. The number of fused-ring (bicyclic) bond motifs is 15. The topological polar surface area (TPSA) is 269 Å². The van der Waals surface area contributed by atoms with Crippen LogP contribution in [0.4, 0.5) is 17.6 Å². The second-order valence-electron chi connectivity index (χ2n) is 11.7. The number of hydrogen-bond acceptors (Lipinski definition) is 11. The van der Waals surface area contributed by atoms with Gasteiger partial charge >= 0.3 is 0 Å². The Morgan fingerprint density at radius 3 is 1.67 bits per heavy atom. The number of amides is 4. The van der Waals surface area contributed by atoms with E-state index in [1.807, 2.05) is 0 Å². The lowest BCUT2D eigenvalue weighted by Gasteiger charge is -2.27. The summed E-state index contributed by atoms with van der Waals surface area (Å²) in [6.45, 7) is 2.89. The Bertz CT molecular complexity index is 1480. The summed E-state index contributed by atoms with van der Waals surface area (Å²) in [6, 6.07) is -5.78. The van der Waals surface area contributed by atoms with Gasteiger partial charge in [-0.25, -0.2) is 17.6 Å². The number of thiol groups is 1. The largest absolute Gasteiger partial charge is 0.370 e. The first-order chi connectivity index (χ1) is 24.5. The summed E-state index contributed by atoms with van der Waals surface area (Å²) in [7, 11) is 0. The zero-order chi connectivity index (χ0) is 39.1. The Morgan fingerprint density at radius 1 is 0.788 bits per heavy atom. The number of Topliss-reactive ketones (excluding diaryl/α,β-unsaturated/α-hetero) is 1. The molecule has 0 spiro atoms. The average Bonchev–Trinajstić information content (AvgIpc) is 3.08. The summed E-state index contributed by atoms with van der Waals surface area (Å²) in [5, 5.41) is 29.5. The van der Waals surface area contributed by atoms with Crippen LogP contribution in [-0.4, -0.2) is 96.6 Å². The fraction of sp³-hybridized carbons (Fsp3) is 0.552. The molecule has 23 heteroatoms. The van der Waals surface area contributed by atoms with Crippen LogP contribution >= 0.6 is 36.3 Å². The van der Waals surface area contributed by atoms with Gasteiger partial charge in [-0.1, -0.05) is 26.7 Å². The predicted octanol–water partition coefficient (Wildman–Crippen LogP) is -0.434.